The number of nitro groups is 2. The molecule has 0 fully saturated rings. The van der Waals surface area contributed by atoms with Gasteiger partial charge >= 0.3 is 0 Å². The van der Waals surface area contributed by atoms with Crippen LogP contribution in [0, 0.1) is 20.2 Å². The first-order chi connectivity index (χ1) is 6.43. The average Bonchev–Trinajstić information content (AvgIpc) is 2.02. The third kappa shape index (κ3) is 1.53. The van der Waals surface area contributed by atoms with E-state index in [2.05, 4.69) is 0 Å². The van der Waals surface area contributed by atoms with Crippen LogP contribution in [0.1, 0.15) is 0 Å². The molecule has 0 spiro atoms. The Morgan fingerprint density at radius 1 is 0.929 bits per heavy atom. The minimum atomic E-state index is -0.804. The van der Waals surface area contributed by atoms with Crippen molar-refractivity contribution < 1.29 is 9.85 Å². The molecule has 0 radical (unpaired) electrons. The van der Waals surface area contributed by atoms with Crippen LogP contribution in [0.4, 0.5) is 22.7 Å². The van der Waals surface area contributed by atoms with Gasteiger partial charge in [-0.05, 0) is 6.07 Å². The van der Waals surface area contributed by atoms with Gasteiger partial charge in [-0.1, -0.05) is 0 Å². The second kappa shape index (κ2) is 3.17. The fourth-order valence-corrected chi connectivity index (χ4v) is 0.928. The van der Waals surface area contributed by atoms with Crippen molar-refractivity contribution in [2.75, 3.05) is 11.5 Å². The molecule has 0 unspecified atom stereocenters. The summed E-state index contributed by atoms with van der Waals surface area (Å²) in [5.74, 6) is 0. The lowest BCUT2D eigenvalue weighted by molar-refractivity contribution is -0.393. The Balaban J connectivity index is 3.42. The van der Waals surface area contributed by atoms with Crippen LogP contribution < -0.4 is 11.5 Å². The van der Waals surface area contributed by atoms with E-state index < -0.39 is 21.2 Å². The van der Waals surface area contributed by atoms with Crippen molar-refractivity contribution in [3.8, 4) is 0 Å². The number of anilines is 2. The van der Waals surface area contributed by atoms with Crippen LogP contribution in [0.5, 0.6) is 0 Å². The van der Waals surface area contributed by atoms with Crippen LogP contribution in [0.15, 0.2) is 12.1 Å². The Kier molecular flexibility index (Phi) is 2.19. The third-order valence-corrected chi connectivity index (χ3v) is 1.57. The van der Waals surface area contributed by atoms with Gasteiger partial charge in [-0.2, -0.15) is 0 Å². The minimum Gasteiger partial charge on any atom is -0.393 e. The van der Waals surface area contributed by atoms with Crippen molar-refractivity contribution in [2.45, 2.75) is 0 Å². The first-order valence-corrected chi connectivity index (χ1v) is 3.41. The van der Waals surface area contributed by atoms with Gasteiger partial charge in [-0.25, -0.2) is 0 Å². The predicted molar refractivity (Wildman–Crippen MR) is 48.6 cm³/mol. The molecule has 1 aromatic rings. The standard InChI is InChI=1S/C6H6N4O4/c7-3-1-4(8)6(10(13)14)2-5(3)9(11)12/h1-2H,7-8H2. The summed E-state index contributed by atoms with van der Waals surface area (Å²) in [4.78, 5) is 19.1. The van der Waals surface area contributed by atoms with Crippen LogP contribution >= 0.6 is 0 Å². The van der Waals surface area contributed by atoms with Crippen LogP contribution in [0.2, 0.25) is 0 Å². The number of nitrogens with zero attached hydrogens (tertiary/aromatic N) is 2. The second-order valence-corrected chi connectivity index (χ2v) is 2.48. The highest BCUT2D eigenvalue weighted by Gasteiger charge is 2.21. The van der Waals surface area contributed by atoms with E-state index in [4.69, 9.17) is 11.5 Å². The van der Waals surface area contributed by atoms with Gasteiger partial charge in [0.1, 0.15) is 11.4 Å². The van der Waals surface area contributed by atoms with Crippen molar-refractivity contribution in [3.05, 3.63) is 32.4 Å². The molecule has 8 heteroatoms. The average molecular weight is 198 g/mol. The van der Waals surface area contributed by atoms with Gasteiger partial charge in [0.05, 0.1) is 15.9 Å². The van der Waals surface area contributed by atoms with Gasteiger partial charge in [-0.15, -0.1) is 0 Å². The summed E-state index contributed by atoms with van der Waals surface area (Å²) >= 11 is 0. The maximum atomic E-state index is 10.4. The van der Waals surface area contributed by atoms with Gasteiger partial charge in [0.15, 0.2) is 0 Å². The number of nitrogen functional groups attached to an aromatic ring is 2. The van der Waals surface area contributed by atoms with E-state index in [-0.39, 0.29) is 11.4 Å². The molecule has 74 valence electrons. The number of nitrogens with two attached hydrogens (primary N) is 2. The predicted octanol–water partition coefficient (Wildman–Crippen LogP) is 0.667. The minimum absolute atomic E-state index is 0.196. The molecule has 4 N–H and O–H groups in total. The normalized spacial score (nSPS) is 9.71. The highest BCUT2D eigenvalue weighted by molar-refractivity contribution is 5.73. The van der Waals surface area contributed by atoms with Crippen molar-refractivity contribution in [3.63, 3.8) is 0 Å². The van der Waals surface area contributed by atoms with Crippen molar-refractivity contribution in [2.24, 2.45) is 0 Å². The summed E-state index contributed by atoms with van der Waals surface area (Å²) in [5, 5.41) is 20.7. The van der Waals surface area contributed by atoms with Gasteiger partial charge in [0.2, 0.25) is 0 Å². The SMILES string of the molecule is Nc1cc(N)c([N+](=O)[O-])cc1[N+](=O)[O-]. The van der Waals surface area contributed by atoms with Gasteiger partial charge < -0.3 is 11.5 Å². The zero-order chi connectivity index (χ0) is 10.9. The van der Waals surface area contributed by atoms with Gasteiger partial charge in [0, 0.05) is 0 Å². The summed E-state index contributed by atoms with van der Waals surface area (Å²) in [6, 6.07) is 1.74. The fraction of sp³-hybridized carbons (Fsp3) is 0. The molecule has 1 aromatic carbocycles. The Morgan fingerprint density at radius 2 is 1.29 bits per heavy atom. The maximum absolute atomic E-state index is 10.4. The molecular formula is C6H6N4O4. The molecule has 0 amide bonds. The van der Waals surface area contributed by atoms with E-state index in [9.17, 15) is 20.2 Å². The molecule has 0 aliphatic carbocycles. The molecule has 0 aliphatic heterocycles. The summed E-state index contributed by atoms with van der Waals surface area (Å²) in [6.07, 6.45) is 0. The Bertz CT molecular complexity index is 381. The summed E-state index contributed by atoms with van der Waals surface area (Å²) in [6.45, 7) is 0. The van der Waals surface area contributed by atoms with Gasteiger partial charge in [0.25, 0.3) is 11.4 Å². The van der Waals surface area contributed by atoms with Crippen LogP contribution in [0.3, 0.4) is 0 Å². The molecule has 8 nitrogen and oxygen atoms in total. The third-order valence-electron chi connectivity index (χ3n) is 1.57. The molecule has 0 aliphatic rings. The maximum Gasteiger partial charge on any atom is 0.299 e. The lowest BCUT2D eigenvalue weighted by Gasteiger charge is -1.99. The summed E-state index contributed by atoms with van der Waals surface area (Å²) in [5.41, 5.74) is 9.06. The number of nitro benzene ring substituents is 2. The number of hydrogen-bond acceptors (Lipinski definition) is 6. The largest absolute Gasteiger partial charge is 0.393 e. The Labute approximate surface area is 77.4 Å². The zero-order valence-corrected chi connectivity index (χ0v) is 6.84. The summed E-state index contributed by atoms with van der Waals surface area (Å²) < 4.78 is 0. The lowest BCUT2D eigenvalue weighted by Crippen LogP contribution is -2.01. The molecule has 0 heterocycles. The Morgan fingerprint density at radius 3 is 1.57 bits per heavy atom. The molecule has 0 atom stereocenters. The monoisotopic (exact) mass is 198 g/mol. The topological polar surface area (TPSA) is 138 Å². The van der Waals surface area contributed by atoms with E-state index in [1.165, 1.54) is 0 Å². The lowest BCUT2D eigenvalue weighted by atomic mass is 10.2. The van der Waals surface area contributed by atoms with Crippen LogP contribution in [-0.4, -0.2) is 9.85 Å². The quantitative estimate of drug-likeness (QED) is 0.406. The molecular weight excluding hydrogens is 192 g/mol. The molecule has 0 aromatic heterocycles. The smallest absolute Gasteiger partial charge is 0.299 e. The highest BCUT2D eigenvalue weighted by atomic mass is 16.6. The van der Waals surface area contributed by atoms with E-state index in [1.54, 1.807) is 0 Å². The van der Waals surface area contributed by atoms with Crippen molar-refractivity contribution in [1.29, 1.82) is 0 Å². The van der Waals surface area contributed by atoms with E-state index in [1.807, 2.05) is 0 Å². The number of rotatable bonds is 2. The zero-order valence-electron chi connectivity index (χ0n) is 6.84. The number of hydrogen-bond donors (Lipinski definition) is 2. The molecule has 14 heavy (non-hydrogen) atoms. The van der Waals surface area contributed by atoms with Crippen molar-refractivity contribution >= 4 is 22.7 Å². The Hall–Kier alpha value is -2.38. The number of benzene rings is 1. The fourth-order valence-electron chi connectivity index (χ4n) is 0.928. The van der Waals surface area contributed by atoms with E-state index >= 15 is 0 Å². The van der Waals surface area contributed by atoms with Crippen LogP contribution in [0.25, 0.3) is 0 Å². The first-order valence-electron chi connectivity index (χ1n) is 3.41. The van der Waals surface area contributed by atoms with E-state index in [0.29, 0.717) is 0 Å². The second-order valence-electron chi connectivity index (χ2n) is 2.48. The van der Waals surface area contributed by atoms with E-state index in [0.717, 1.165) is 12.1 Å². The summed E-state index contributed by atoms with van der Waals surface area (Å²) in [7, 11) is 0. The van der Waals surface area contributed by atoms with Crippen LogP contribution in [-0.2, 0) is 0 Å². The molecule has 1 rings (SSSR count). The van der Waals surface area contributed by atoms with Gasteiger partial charge in [-0.3, -0.25) is 20.2 Å². The molecule has 0 saturated carbocycles. The molecule has 0 saturated heterocycles. The first kappa shape index (κ1) is 9.71. The molecule has 0 bridgehead atoms. The van der Waals surface area contributed by atoms with Crippen molar-refractivity contribution in [1.82, 2.24) is 0 Å². The highest BCUT2D eigenvalue weighted by Crippen LogP contribution is 2.31.